The summed E-state index contributed by atoms with van der Waals surface area (Å²) in [5, 5.41) is 6.96. The normalized spacial score (nSPS) is 15.6. The molecule has 5 rings (SSSR count). The lowest BCUT2D eigenvalue weighted by atomic mass is 9.93. The molecule has 0 radical (unpaired) electrons. The number of ether oxygens (including phenoxy) is 1. The van der Waals surface area contributed by atoms with Crippen LogP contribution in [0.3, 0.4) is 0 Å². The fourth-order valence-electron chi connectivity index (χ4n) is 4.58. The highest BCUT2D eigenvalue weighted by atomic mass is 16.5. The Morgan fingerprint density at radius 1 is 1.03 bits per heavy atom. The van der Waals surface area contributed by atoms with Gasteiger partial charge in [-0.15, -0.1) is 0 Å². The Kier molecular flexibility index (Phi) is 6.48. The van der Waals surface area contributed by atoms with E-state index in [0.717, 1.165) is 34.8 Å². The highest BCUT2D eigenvalue weighted by Crippen LogP contribution is 2.30. The summed E-state index contributed by atoms with van der Waals surface area (Å²) in [4.78, 5) is 18.1. The van der Waals surface area contributed by atoms with Gasteiger partial charge < -0.3 is 10.1 Å². The van der Waals surface area contributed by atoms with E-state index < -0.39 is 6.04 Å². The average Bonchev–Trinajstić information content (AvgIpc) is 3.33. The highest BCUT2D eigenvalue weighted by molar-refractivity contribution is 6.01. The van der Waals surface area contributed by atoms with E-state index in [1.54, 1.807) is 13.4 Å². The van der Waals surface area contributed by atoms with Gasteiger partial charge in [0, 0.05) is 24.3 Å². The number of carbonyl (C=O) groups is 1. The minimum absolute atomic E-state index is 0.0205. The smallest absolute Gasteiger partial charge is 0.202 e. The van der Waals surface area contributed by atoms with Gasteiger partial charge in [-0.1, -0.05) is 48.5 Å². The van der Waals surface area contributed by atoms with E-state index in [1.807, 2.05) is 28.8 Å². The predicted octanol–water partition coefficient (Wildman–Crippen LogP) is 5.46. The Balaban J connectivity index is 1.40. The predicted molar refractivity (Wildman–Crippen MR) is 142 cm³/mol. The monoisotopic (exact) mass is 480 g/mol. The van der Waals surface area contributed by atoms with Gasteiger partial charge in [-0.3, -0.25) is 14.7 Å². The van der Waals surface area contributed by atoms with Crippen LogP contribution in [-0.2, 0) is 13.1 Å². The molecule has 1 aliphatic heterocycles. The number of ketones is 1. The number of rotatable bonds is 6. The topological polar surface area (TPSA) is 68.2 Å². The summed E-state index contributed by atoms with van der Waals surface area (Å²) >= 11 is 0. The molecule has 6 heteroatoms. The molecule has 0 amide bonds. The second-order valence-electron chi connectivity index (χ2n) is 10.2. The van der Waals surface area contributed by atoms with Crippen LogP contribution in [0.15, 0.2) is 79.1 Å². The number of hydrogen-bond acceptors (Lipinski definition) is 5. The first-order chi connectivity index (χ1) is 17.3. The molecule has 1 aliphatic rings. The van der Waals surface area contributed by atoms with Gasteiger partial charge in [-0.05, 0) is 67.3 Å². The molecule has 3 aromatic carbocycles. The summed E-state index contributed by atoms with van der Waals surface area (Å²) < 4.78 is 7.14. The van der Waals surface area contributed by atoms with Gasteiger partial charge in [-0.25, -0.2) is 4.98 Å². The number of imidazole rings is 1. The fourth-order valence-corrected chi connectivity index (χ4v) is 4.58. The quantitative estimate of drug-likeness (QED) is 0.383. The molecule has 1 aromatic heterocycles. The maximum Gasteiger partial charge on any atom is 0.202 e. The van der Waals surface area contributed by atoms with Crippen LogP contribution in [0.5, 0.6) is 5.75 Å². The lowest BCUT2D eigenvalue weighted by Gasteiger charge is -2.24. The molecule has 2 N–H and O–H groups in total. The van der Waals surface area contributed by atoms with Crippen molar-refractivity contribution in [2.24, 2.45) is 0 Å². The number of methoxy groups -OCH3 is 1. The first kappa shape index (κ1) is 24.0. The van der Waals surface area contributed by atoms with Crippen molar-refractivity contribution in [3.8, 4) is 22.6 Å². The molecule has 2 heterocycles. The first-order valence-electron chi connectivity index (χ1n) is 12.3. The molecule has 0 spiro atoms. The summed E-state index contributed by atoms with van der Waals surface area (Å²) in [6, 6.07) is 24.0. The molecule has 1 unspecified atom stereocenters. The molecule has 0 saturated heterocycles. The Hall–Kier alpha value is -3.74. The molecular weight excluding hydrogens is 448 g/mol. The average molecular weight is 481 g/mol. The van der Waals surface area contributed by atoms with Crippen molar-refractivity contribution >= 4 is 5.78 Å². The maximum absolute atomic E-state index is 13.6. The van der Waals surface area contributed by atoms with Gasteiger partial charge in [0.2, 0.25) is 5.78 Å². The molecular formula is C30H32N4O2. The molecule has 6 nitrogen and oxygen atoms in total. The van der Waals surface area contributed by atoms with E-state index in [0.29, 0.717) is 12.2 Å². The van der Waals surface area contributed by atoms with E-state index in [-0.39, 0.29) is 11.3 Å². The minimum Gasteiger partial charge on any atom is -0.497 e. The third-order valence-electron chi connectivity index (χ3n) is 6.54. The number of carbonyl (C=O) groups excluding carboxylic acids is 1. The number of hydrogen-bond donors (Lipinski definition) is 2. The Morgan fingerprint density at radius 2 is 1.75 bits per heavy atom. The SMILES string of the molecule is COc1ccc(-n2cnc3c2C(=O)C(c2ccc(-c4ccccc4CNC(C)(C)C)cc2)NC3)cc1. The van der Waals surface area contributed by atoms with Crippen LogP contribution in [0, 0.1) is 0 Å². The zero-order valence-corrected chi connectivity index (χ0v) is 21.2. The summed E-state index contributed by atoms with van der Waals surface area (Å²) in [5.41, 5.74) is 6.86. The molecule has 0 saturated carbocycles. The molecule has 0 aliphatic carbocycles. The van der Waals surface area contributed by atoms with Crippen molar-refractivity contribution in [2.75, 3.05) is 7.11 Å². The van der Waals surface area contributed by atoms with E-state index >= 15 is 0 Å². The first-order valence-corrected chi connectivity index (χ1v) is 12.3. The lowest BCUT2D eigenvalue weighted by molar-refractivity contribution is 0.0922. The number of benzene rings is 3. The van der Waals surface area contributed by atoms with Gasteiger partial charge in [-0.2, -0.15) is 0 Å². The minimum atomic E-state index is -0.418. The molecule has 1 atom stereocenters. The van der Waals surface area contributed by atoms with Crippen LogP contribution >= 0.6 is 0 Å². The van der Waals surface area contributed by atoms with Gasteiger partial charge in [0.1, 0.15) is 17.8 Å². The van der Waals surface area contributed by atoms with Gasteiger partial charge >= 0.3 is 0 Å². The van der Waals surface area contributed by atoms with Crippen LogP contribution in [-0.4, -0.2) is 28.0 Å². The Labute approximate surface area is 212 Å². The van der Waals surface area contributed by atoms with Crippen molar-refractivity contribution in [3.63, 3.8) is 0 Å². The van der Waals surface area contributed by atoms with Gasteiger partial charge in [0.15, 0.2) is 0 Å². The summed E-state index contributed by atoms with van der Waals surface area (Å²) in [6.45, 7) is 7.85. The van der Waals surface area contributed by atoms with Crippen molar-refractivity contribution in [3.05, 3.63) is 102 Å². The number of aromatic nitrogens is 2. The summed E-state index contributed by atoms with van der Waals surface area (Å²) in [5.74, 6) is 0.793. The second kappa shape index (κ2) is 9.72. The summed E-state index contributed by atoms with van der Waals surface area (Å²) in [6.07, 6.45) is 1.72. The van der Waals surface area contributed by atoms with Gasteiger partial charge in [0.25, 0.3) is 0 Å². The number of fused-ring (bicyclic) bond motifs is 1. The van der Waals surface area contributed by atoms with E-state index in [1.165, 1.54) is 11.1 Å². The van der Waals surface area contributed by atoms with Crippen LogP contribution < -0.4 is 15.4 Å². The fraction of sp³-hybridized carbons (Fsp3) is 0.267. The van der Waals surface area contributed by atoms with E-state index in [9.17, 15) is 4.79 Å². The third-order valence-corrected chi connectivity index (χ3v) is 6.54. The van der Waals surface area contributed by atoms with Crippen molar-refractivity contribution in [2.45, 2.75) is 45.4 Å². The lowest BCUT2D eigenvalue weighted by Crippen LogP contribution is -2.35. The standard InChI is InChI=1S/C30H32N4O2/c1-30(2,3)33-17-22-7-5-6-8-25(22)20-9-11-21(12-10-20)27-29(35)28-26(18-31-27)32-19-34(28)23-13-15-24(36-4)16-14-23/h5-16,19,27,31,33H,17-18H2,1-4H3. The zero-order chi connectivity index (χ0) is 25.3. The van der Waals surface area contributed by atoms with E-state index in [4.69, 9.17) is 4.74 Å². The largest absolute Gasteiger partial charge is 0.497 e. The number of nitrogens with zero attached hydrogens (tertiary/aromatic N) is 2. The van der Waals surface area contributed by atoms with Crippen LogP contribution in [0.2, 0.25) is 0 Å². The number of nitrogens with one attached hydrogen (secondary N) is 2. The third kappa shape index (κ3) is 4.83. The maximum atomic E-state index is 13.6. The molecule has 4 aromatic rings. The molecule has 0 fully saturated rings. The molecule has 36 heavy (non-hydrogen) atoms. The Morgan fingerprint density at radius 3 is 2.44 bits per heavy atom. The van der Waals surface area contributed by atoms with Crippen LogP contribution in [0.1, 0.15) is 54.1 Å². The second-order valence-corrected chi connectivity index (χ2v) is 10.2. The molecule has 0 bridgehead atoms. The van der Waals surface area contributed by atoms with E-state index in [2.05, 4.69) is 84.9 Å². The van der Waals surface area contributed by atoms with Crippen molar-refractivity contribution in [1.29, 1.82) is 0 Å². The Bertz CT molecular complexity index is 1370. The number of Topliss-reactive ketones (excluding diaryl/α,β-unsaturated/α-hetero) is 1. The highest BCUT2D eigenvalue weighted by Gasteiger charge is 2.32. The van der Waals surface area contributed by atoms with Crippen molar-refractivity contribution < 1.29 is 9.53 Å². The van der Waals surface area contributed by atoms with Crippen LogP contribution in [0.25, 0.3) is 16.8 Å². The van der Waals surface area contributed by atoms with Crippen LogP contribution in [0.4, 0.5) is 0 Å². The zero-order valence-electron chi connectivity index (χ0n) is 21.2. The van der Waals surface area contributed by atoms with Gasteiger partial charge in [0.05, 0.1) is 18.8 Å². The molecule has 184 valence electrons. The summed E-state index contributed by atoms with van der Waals surface area (Å²) in [7, 11) is 1.64. The van der Waals surface area contributed by atoms with Crippen molar-refractivity contribution in [1.82, 2.24) is 20.2 Å².